The van der Waals surface area contributed by atoms with Crippen LogP contribution >= 0.6 is 0 Å². The molecular weight excluding hydrogens is 294 g/mol. The van der Waals surface area contributed by atoms with Crippen LogP contribution in [0.5, 0.6) is 0 Å². The fourth-order valence-corrected chi connectivity index (χ4v) is 2.73. The minimum Gasteiger partial charge on any atom is -0.472 e. The average Bonchev–Trinajstić information content (AvgIpc) is 3.27. The maximum Gasteiger partial charge on any atom is 0.241 e. The van der Waals surface area contributed by atoms with Gasteiger partial charge in [0.05, 0.1) is 31.1 Å². The molecule has 0 aliphatic carbocycles. The molecule has 6 heteroatoms. The zero-order valence-electron chi connectivity index (χ0n) is 12.6. The molecule has 0 N–H and O–H groups in total. The summed E-state index contributed by atoms with van der Waals surface area (Å²) >= 11 is 0. The van der Waals surface area contributed by atoms with Gasteiger partial charge in [-0.1, -0.05) is 35.5 Å². The first kappa shape index (κ1) is 14.2. The molecule has 0 bridgehead atoms. The van der Waals surface area contributed by atoms with E-state index >= 15 is 0 Å². The van der Waals surface area contributed by atoms with E-state index < -0.39 is 0 Å². The van der Waals surface area contributed by atoms with Crippen molar-refractivity contribution in [2.75, 3.05) is 19.7 Å². The van der Waals surface area contributed by atoms with Gasteiger partial charge >= 0.3 is 0 Å². The second-order valence-electron chi connectivity index (χ2n) is 5.53. The van der Waals surface area contributed by atoms with Gasteiger partial charge in [0.25, 0.3) is 0 Å². The minimum atomic E-state index is 0.0845. The lowest BCUT2D eigenvalue weighted by Crippen LogP contribution is -2.37. The van der Waals surface area contributed by atoms with Gasteiger partial charge < -0.3 is 13.7 Å². The maximum atomic E-state index is 5.88. The number of hydrogen-bond donors (Lipinski definition) is 0. The molecule has 2 aromatic heterocycles. The molecule has 1 saturated heterocycles. The second kappa shape index (κ2) is 6.36. The zero-order chi connectivity index (χ0) is 15.5. The maximum absolute atomic E-state index is 5.88. The van der Waals surface area contributed by atoms with E-state index in [0.29, 0.717) is 24.9 Å². The smallest absolute Gasteiger partial charge is 0.241 e. The van der Waals surface area contributed by atoms with Crippen molar-refractivity contribution >= 4 is 0 Å². The predicted molar refractivity (Wildman–Crippen MR) is 82.4 cm³/mol. The summed E-state index contributed by atoms with van der Waals surface area (Å²) in [5.41, 5.74) is 2.02. The molecule has 1 aromatic carbocycles. The number of nitrogens with zero attached hydrogens (tertiary/aromatic N) is 3. The van der Waals surface area contributed by atoms with Gasteiger partial charge in [-0.3, -0.25) is 4.90 Å². The SMILES string of the molecule is c1ccc([C@H]2CN(Cc3nc(-c4ccoc4)no3)CCO2)cc1. The molecule has 0 spiro atoms. The average molecular weight is 311 g/mol. The number of rotatable bonds is 4. The Morgan fingerprint density at radius 2 is 2.09 bits per heavy atom. The second-order valence-corrected chi connectivity index (χ2v) is 5.53. The van der Waals surface area contributed by atoms with Crippen molar-refractivity contribution in [3.05, 3.63) is 60.4 Å². The zero-order valence-corrected chi connectivity index (χ0v) is 12.6. The molecule has 118 valence electrons. The summed E-state index contributed by atoms with van der Waals surface area (Å²) in [5, 5.41) is 4.00. The summed E-state index contributed by atoms with van der Waals surface area (Å²) in [6, 6.07) is 12.1. The molecule has 4 rings (SSSR count). The summed E-state index contributed by atoms with van der Waals surface area (Å²) < 4.78 is 16.3. The van der Waals surface area contributed by atoms with Crippen LogP contribution in [0.15, 0.2) is 57.9 Å². The highest BCUT2D eigenvalue weighted by Crippen LogP contribution is 2.23. The molecule has 3 heterocycles. The van der Waals surface area contributed by atoms with E-state index in [1.54, 1.807) is 12.5 Å². The van der Waals surface area contributed by atoms with Gasteiger partial charge in [-0.05, 0) is 11.6 Å². The van der Waals surface area contributed by atoms with Crippen molar-refractivity contribution in [1.29, 1.82) is 0 Å². The van der Waals surface area contributed by atoms with Crippen LogP contribution in [0.25, 0.3) is 11.4 Å². The van der Waals surface area contributed by atoms with Gasteiger partial charge in [-0.15, -0.1) is 0 Å². The van der Waals surface area contributed by atoms with Crippen LogP contribution in [0.2, 0.25) is 0 Å². The highest BCUT2D eigenvalue weighted by molar-refractivity contribution is 5.51. The minimum absolute atomic E-state index is 0.0845. The number of ether oxygens (including phenoxy) is 1. The van der Waals surface area contributed by atoms with Crippen LogP contribution in [0, 0.1) is 0 Å². The van der Waals surface area contributed by atoms with Crippen molar-refractivity contribution in [3.63, 3.8) is 0 Å². The Hall–Kier alpha value is -2.44. The van der Waals surface area contributed by atoms with Gasteiger partial charge in [0, 0.05) is 13.1 Å². The Morgan fingerprint density at radius 1 is 1.17 bits per heavy atom. The topological polar surface area (TPSA) is 64.5 Å². The first-order valence-corrected chi connectivity index (χ1v) is 7.62. The molecule has 1 fully saturated rings. The van der Waals surface area contributed by atoms with Crippen LogP contribution in [-0.4, -0.2) is 34.7 Å². The highest BCUT2D eigenvalue weighted by atomic mass is 16.5. The van der Waals surface area contributed by atoms with E-state index in [2.05, 4.69) is 27.2 Å². The van der Waals surface area contributed by atoms with E-state index in [9.17, 15) is 0 Å². The van der Waals surface area contributed by atoms with Crippen LogP contribution in [0.4, 0.5) is 0 Å². The van der Waals surface area contributed by atoms with Crippen LogP contribution in [-0.2, 0) is 11.3 Å². The van der Waals surface area contributed by atoms with Crippen molar-refractivity contribution in [1.82, 2.24) is 15.0 Å². The summed E-state index contributed by atoms with van der Waals surface area (Å²) in [6.45, 7) is 2.99. The summed E-state index contributed by atoms with van der Waals surface area (Å²) in [6.07, 6.45) is 3.29. The summed E-state index contributed by atoms with van der Waals surface area (Å²) in [5.74, 6) is 1.16. The lowest BCUT2D eigenvalue weighted by atomic mass is 10.1. The molecule has 0 radical (unpaired) electrons. The Morgan fingerprint density at radius 3 is 2.91 bits per heavy atom. The standard InChI is InChI=1S/C17H17N3O3/c1-2-4-13(5-3-1)15-10-20(7-9-22-15)11-16-18-17(19-23-16)14-6-8-21-12-14/h1-6,8,12,15H,7,9-11H2/t15-/m1/s1. The van der Waals surface area contributed by atoms with Crippen molar-refractivity contribution < 1.29 is 13.7 Å². The van der Waals surface area contributed by atoms with Crippen LogP contribution in [0.1, 0.15) is 17.6 Å². The molecule has 3 aromatic rings. The summed E-state index contributed by atoms with van der Waals surface area (Å²) in [7, 11) is 0. The lowest BCUT2D eigenvalue weighted by Gasteiger charge is -2.32. The first-order chi connectivity index (χ1) is 11.4. The van der Waals surface area contributed by atoms with Crippen LogP contribution in [0.3, 0.4) is 0 Å². The van der Waals surface area contributed by atoms with Gasteiger partial charge in [0.15, 0.2) is 0 Å². The molecular formula is C17H17N3O3. The molecule has 0 unspecified atom stereocenters. The van der Waals surface area contributed by atoms with E-state index in [0.717, 1.165) is 18.7 Å². The van der Waals surface area contributed by atoms with Crippen molar-refractivity contribution in [2.24, 2.45) is 0 Å². The monoisotopic (exact) mass is 311 g/mol. The molecule has 1 aliphatic heterocycles. The van der Waals surface area contributed by atoms with Crippen molar-refractivity contribution in [3.8, 4) is 11.4 Å². The Bertz CT molecular complexity index is 740. The third-order valence-electron chi connectivity index (χ3n) is 3.93. The van der Waals surface area contributed by atoms with E-state index in [1.807, 2.05) is 24.3 Å². The van der Waals surface area contributed by atoms with Crippen molar-refractivity contribution in [2.45, 2.75) is 12.6 Å². The largest absolute Gasteiger partial charge is 0.472 e. The Kier molecular flexibility index (Phi) is 3.92. The molecule has 0 saturated carbocycles. The molecule has 6 nitrogen and oxygen atoms in total. The van der Waals surface area contributed by atoms with Gasteiger partial charge in [0.2, 0.25) is 11.7 Å². The number of aromatic nitrogens is 2. The fraction of sp³-hybridized carbons (Fsp3) is 0.294. The highest BCUT2D eigenvalue weighted by Gasteiger charge is 2.23. The van der Waals surface area contributed by atoms with E-state index in [1.165, 1.54) is 5.56 Å². The Labute approximate surface area is 133 Å². The molecule has 0 amide bonds. The molecule has 1 aliphatic rings. The van der Waals surface area contributed by atoms with Gasteiger partial charge in [-0.25, -0.2) is 0 Å². The number of morpholine rings is 1. The first-order valence-electron chi connectivity index (χ1n) is 7.62. The summed E-state index contributed by atoms with van der Waals surface area (Å²) in [4.78, 5) is 6.70. The van der Waals surface area contributed by atoms with Gasteiger partial charge in [0.1, 0.15) is 6.26 Å². The fourth-order valence-electron chi connectivity index (χ4n) is 2.73. The Balaban J connectivity index is 1.43. The third-order valence-corrected chi connectivity index (χ3v) is 3.93. The van der Waals surface area contributed by atoms with Crippen LogP contribution < -0.4 is 0 Å². The molecule has 1 atom stereocenters. The third kappa shape index (κ3) is 3.18. The lowest BCUT2D eigenvalue weighted by molar-refractivity contribution is -0.0355. The molecule has 23 heavy (non-hydrogen) atoms. The van der Waals surface area contributed by atoms with E-state index in [-0.39, 0.29) is 6.10 Å². The van der Waals surface area contributed by atoms with Gasteiger partial charge in [-0.2, -0.15) is 4.98 Å². The normalized spacial score (nSPS) is 19.0. The predicted octanol–water partition coefficient (Wildman–Crippen LogP) is 2.90. The number of benzene rings is 1. The van der Waals surface area contributed by atoms with E-state index in [4.69, 9.17) is 13.7 Å². The number of hydrogen-bond acceptors (Lipinski definition) is 6. The quantitative estimate of drug-likeness (QED) is 0.738. The number of furan rings is 1.